The topological polar surface area (TPSA) is 126 Å². The predicted molar refractivity (Wildman–Crippen MR) is 146 cm³/mol. The molecule has 1 heterocycles. The van der Waals surface area contributed by atoms with E-state index in [2.05, 4.69) is 4.99 Å². The highest BCUT2D eigenvalue weighted by Gasteiger charge is 2.24. The molecule has 0 unspecified atom stereocenters. The minimum Gasteiger partial charge on any atom is -0.492 e. The molecule has 0 radical (unpaired) electrons. The van der Waals surface area contributed by atoms with Gasteiger partial charge in [0.15, 0.2) is 4.80 Å². The maximum absolute atomic E-state index is 13.2. The molecule has 0 fully saturated rings. The quantitative estimate of drug-likeness (QED) is 0.267. The number of carbonyl (C=O) groups excluding carboxylic acids is 2. The number of amides is 1. The average molecular weight is 580 g/mol. The summed E-state index contributed by atoms with van der Waals surface area (Å²) in [6.07, 6.45) is 0. The molecule has 1 aromatic heterocycles. The number of benzene rings is 2. The standard InChI is InChI=1S/C26H33N3O8S2/c1-5-36-21-8-7-9-22-24(21)29(18-23(30)37-6-2)26(38-22)27-25(31)19-10-12-20(13-11-19)39(32,33)28(14-16-34-3)15-17-35-4/h7-13H,5-6,14-18H2,1-4H3. The fraction of sp³-hybridized carbons (Fsp3) is 0.423. The van der Waals surface area contributed by atoms with Crippen LogP contribution in [-0.2, 0) is 35.6 Å². The van der Waals surface area contributed by atoms with E-state index in [1.54, 1.807) is 17.6 Å². The number of sulfonamides is 1. The number of esters is 1. The average Bonchev–Trinajstić information content (AvgIpc) is 3.26. The molecule has 0 aliphatic carbocycles. The third-order valence-electron chi connectivity index (χ3n) is 5.58. The fourth-order valence-electron chi connectivity index (χ4n) is 3.75. The lowest BCUT2D eigenvalue weighted by molar-refractivity contribution is -0.143. The Bertz CT molecular complexity index is 1440. The van der Waals surface area contributed by atoms with E-state index in [0.29, 0.717) is 17.9 Å². The number of nitrogens with zero attached hydrogens (tertiary/aromatic N) is 3. The third-order valence-corrected chi connectivity index (χ3v) is 8.54. The van der Waals surface area contributed by atoms with Crippen molar-refractivity contribution in [3.8, 4) is 5.75 Å². The highest BCUT2D eigenvalue weighted by molar-refractivity contribution is 7.89. The van der Waals surface area contributed by atoms with Gasteiger partial charge in [0, 0.05) is 32.9 Å². The predicted octanol–water partition coefficient (Wildman–Crippen LogP) is 2.69. The van der Waals surface area contributed by atoms with Crippen LogP contribution in [0.25, 0.3) is 10.2 Å². The zero-order valence-electron chi connectivity index (χ0n) is 22.4. The maximum Gasteiger partial charge on any atom is 0.326 e. The lowest BCUT2D eigenvalue weighted by atomic mass is 10.2. The highest BCUT2D eigenvalue weighted by atomic mass is 32.2. The van der Waals surface area contributed by atoms with Crippen LogP contribution in [-0.4, -0.2) is 82.9 Å². The number of aromatic nitrogens is 1. The molecule has 1 amide bonds. The van der Waals surface area contributed by atoms with Gasteiger partial charge in [-0.1, -0.05) is 17.4 Å². The second kappa shape index (κ2) is 14.3. The number of fused-ring (bicyclic) bond motifs is 1. The zero-order valence-corrected chi connectivity index (χ0v) is 24.0. The van der Waals surface area contributed by atoms with E-state index in [1.807, 2.05) is 19.1 Å². The van der Waals surface area contributed by atoms with Crippen LogP contribution in [0, 0.1) is 0 Å². The summed E-state index contributed by atoms with van der Waals surface area (Å²) in [5, 5.41) is 0. The van der Waals surface area contributed by atoms with Gasteiger partial charge in [-0.15, -0.1) is 0 Å². The van der Waals surface area contributed by atoms with E-state index in [1.165, 1.54) is 54.1 Å². The Balaban J connectivity index is 1.98. The van der Waals surface area contributed by atoms with Crippen molar-refractivity contribution >= 4 is 43.5 Å². The van der Waals surface area contributed by atoms with Crippen molar-refractivity contribution in [2.45, 2.75) is 25.3 Å². The van der Waals surface area contributed by atoms with Crippen LogP contribution in [0.2, 0.25) is 0 Å². The first kappa shape index (κ1) is 30.4. The number of ether oxygens (including phenoxy) is 4. The Labute approximate surface area is 231 Å². The number of methoxy groups -OCH3 is 2. The second-order valence-electron chi connectivity index (χ2n) is 8.14. The summed E-state index contributed by atoms with van der Waals surface area (Å²) < 4.78 is 50.9. The molecule has 212 valence electrons. The van der Waals surface area contributed by atoms with Crippen LogP contribution in [0.3, 0.4) is 0 Å². The first-order valence-electron chi connectivity index (χ1n) is 12.3. The molecule has 3 rings (SSSR count). The van der Waals surface area contributed by atoms with Crippen molar-refractivity contribution in [3.05, 3.63) is 52.8 Å². The number of thiazole rings is 1. The Hall–Kier alpha value is -3.10. The third kappa shape index (κ3) is 7.51. The molecule has 11 nitrogen and oxygen atoms in total. The molecule has 0 bridgehead atoms. The van der Waals surface area contributed by atoms with Gasteiger partial charge in [-0.3, -0.25) is 9.59 Å². The molecule has 13 heteroatoms. The highest BCUT2D eigenvalue weighted by Crippen LogP contribution is 2.28. The number of carbonyl (C=O) groups is 2. The normalized spacial score (nSPS) is 12.3. The van der Waals surface area contributed by atoms with Gasteiger partial charge < -0.3 is 23.5 Å². The van der Waals surface area contributed by atoms with Gasteiger partial charge in [-0.25, -0.2) is 8.42 Å². The van der Waals surface area contributed by atoms with Crippen LogP contribution in [0.4, 0.5) is 0 Å². The lowest BCUT2D eigenvalue weighted by Gasteiger charge is -2.21. The maximum atomic E-state index is 13.2. The number of rotatable bonds is 14. The van der Waals surface area contributed by atoms with Gasteiger partial charge in [-0.05, 0) is 50.2 Å². The van der Waals surface area contributed by atoms with Crippen molar-refractivity contribution in [2.75, 3.05) is 53.7 Å². The SMILES string of the molecule is CCOC(=O)Cn1c(=NC(=O)c2ccc(S(=O)(=O)N(CCOC)CCOC)cc2)sc2cccc(OCC)c21. The van der Waals surface area contributed by atoms with E-state index < -0.39 is 21.9 Å². The van der Waals surface area contributed by atoms with E-state index in [-0.39, 0.29) is 54.7 Å². The summed E-state index contributed by atoms with van der Waals surface area (Å²) in [6.45, 7) is 4.83. The number of hydrogen-bond donors (Lipinski definition) is 0. The van der Waals surface area contributed by atoms with Gasteiger partial charge in [0.2, 0.25) is 10.0 Å². The van der Waals surface area contributed by atoms with Crippen molar-refractivity contribution in [1.29, 1.82) is 0 Å². The van der Waals surface area contributed by atoms with E-state index in [9.17, 15) is 18.0 Å². The minimum absolute atomic E-state index is 0.0341. The number of hydrogen-bond acceptors (Lipinski definition) is 9. The molecule has 0 aliphatic heterocycles. The summed E-state index contributed by atoms with van der Waals surface area (Å²) in [7, 11) is -0.845. The van der Waals surface area contributed by atoms with Gasteiger partial charge in [-0.2, -0.15) is 9.30 Å². The Morgan fingerprint density at radius 3 is 2.23 bits per heavy atom. The summed E-state index contributed by atoms with van der Waals surface area (Å²) in [4.78, 5) is 30.1. The van der Waals surface area contributed by atoms with E-state index in [0.717, 1.165) is 4.70 Å². The first-order chi connectivity index (χ1) is 18.8. The van der Waals surface area contributed by atoms with Crippen LogP contribution in [0.1, 0.15) is 24.2 Å². The van der Waals surface area contributed by atoms with E-state index in [4.69, 9.17) is 18.9 Å². The molecule has 2 aromatic carbocycles. The molecule has 0 aliphatic rings. The largest absolute Gasteiger partial charge is 0.492 e. The summed E-state index contributed by atoms with van der Waals surface area (Å²) >= 11 is 1.23. The van der Waals surface area contributed by atoms with Gasteiger partial charge in [0.1, 0.15) is 17.8 Å². The smallest absolute Gasteiger partial charge is 0.326 e. The molecular formula is C26H33N3O8S2. The molecule has 0 N–H and O–H groups in total. The molecule has 3 aromatic rings. The fourth-order valence-corrected chi connectivity index (χ4v) is 6.20. The zero-order chi connectivity index (χ0) is 28.4. The summed E-state index contributed by atoms with van der Waals surface area (Å²) in [5.74, 6) is -0.499. The van der Waals surface area contributed by atoms with Gasteiger partial charge in [0.05, 0.1) is 36.0 Å². The summed E-state index contributed by atoms with van der Waals surface area (Å²) in [5.41, 5.74) is 0.831. The molecule has 0 saturated carbocycles. The Kier molecular flexibility index (Phi) is 11.2. The van der Waals surface area contributed by atoms with Crippen molar-refractivity contribution < 1.29 is 37.0 Å². The van der Waals surface area contributed by atoms with Crippen LogP contribution in [0.15, 0.2) is 52.4 Å². The van der Waals surface area contributed by atoms with Gasteiger partial charge in [0.25, 0.3) is 5.91 Å². The Morgan fingerprint density at radius 1 is 0.974 bits per heavy atom. The molecular weight excluding hydrogens is 546 g/mol. The molecule has 0 spiro atoms. The lowest BCUT2D eigenvalue weighted by Crippen LogP contribution is -2.36. The summed E-state index contributed by atoms with van der Waals surface area (Å²) in [6, 6.07) is 11.0. The number of para-hydroxylation sites is 1. The van der Waals surface area contributed by atoms with Gasteiger partial charge >= 0.3 is 5.97 Å². The minimum atomic E-state index is -3.84. The monoisotopic (exact) mass is 579 g/mol. The molecule has 0 atom stereocenters. The molecule has 39 heavy (non-hydrogen) atoms. The molecule has 0 saturated heterocycles. The van der Waals surface area contributed by atoms with E-state index >= 15 is 0 Å². The van der Waals surface area contributed by atoms with Crippen molar-refractivity contribution in [2.24, 2.45) is 4.99 Å². The second-order valence-corrected chi connectivity index (χ2v) is 11.1. The first-order valence-corrected chi connectivity index (χ1v) is 14.6. The van der Waals surface area contributed by atoms with Crippen LogP contribution < -0.4 is 9.54 Å². The van der Waals surface area contributed by atoms with Crippen LogP contribution >= 0.6 is 11.3 Å². The van der Waals surface area contributed by atoms with Crippen LogP contribution in [0.5, 0.6) is 5.75 Å². The van der Waals surface area contributed by atoms with Crippen molar-refractivity contribution in [3.63, 3.8) is 0 Å². The Morgan fingerprint density at radius 2 is 1.64 bits per heavy atom. The van der Waals surface area contributed by atoms with Crippen molar-refractivity contribution in [1.82, 2.24) is 8.87 Å².